The van der Waals surface area contributed by atoms with Gasteiger partial charge in [-0.05, 0) is 24.1 Å². The molecule has 2 aromatic heterocycles. The molecule has 26 heavy (non-hydrogen) atoms. The number of hydrogen-bond acceptors (Lipinski definition) is 5. The molecule has 0 saturated carbocycles. The van der Waals surface area contributed by atoms with Crippen LogP contribution in [0.4, 0.5) is 14.9 Å². The molecule has 7 nitrogen and oxygen atoms in total. The zero-order chi connectivity index (χ0) is 18.1. The monoisotopic (exact) mass is 373 g/mol. The van der Waals surface area contributed by atoms with Crippen LogP contribution >= 0.6 is 11.3 Å². The van der Waals surface area contributed by atoms with E-state index in [4.69, 9.17) is 0 Å². The minimum atomic E-state index is -1.18. The highest BCUT2D eigenvalue weighted by Crippen LogP contribution is 2.33. The van der Waals surface area contributed by atoms with Crippen LogP contribution in [-0.4, -0.2) is 44.3 Å². The molecule has 134 valence electrons. The summed E-state index contributed by atoms with van der Waals surface area (Å²) >= 11 is 1.43. The highest BCUT2D eigenvalue weighted by Gasteiger charge is 2.39. The van der Waals surface area contributed by atoms with Gasteiger partial charge in [0.05, 0.1) is 18.4 Å². The van der Waals surface area contributed by atoms with E-state index in [1.807, 2.05) is 5.38 Å². The molecule has 3 N–H and O–H groups in total. The Morgan fingerprint density at radius 1 is 1.38 bits per heavy atom. The summed E-state index contributed by atoms with van der Waals surface area (Å²) in [5.74, 6) is -0.361. The fourth-order valence-electron chi connectivity index (χ4n) is 3.05. The van der Waals surface area contributed by atoms with Crippen LogP contribution < -0.4 is 5.32 Å². The third-order valence-electron chi connectivity index (χ3n) is 4.44. The SMILES string of the molecule is O=C(Nc1cn[nH]c1-c1nccs1)N1CCC(O)(c2ccc(F)cc2)C1. The molecule has 3 heterocycles. The van der Waals surface area contributed by atoms with Crippen LogP contribution in [0.25, 0.3) is 10.7 Å². The van der Waals surface area contributed by atoms with Crippen molar-refractivity contribution in [3.8, 4) is 10.7 Å². The Labute approximate surface area is 152 Å². The van der Waals surface area contributed by atoms with Crippen molar-refractivity contribution < 1.29 is 14.3 Å². The Hall–Kier alpha value is -2.78. The van der Waals surface area contributed by atoms with E-state index in [-0.39, 0.29) is 18.4 Å². The van der Waals surface area contributed by atoms with E-state index >= 15 is 0 Å². The van der Waals surface area contributed by atoms with Crippen molar-refractivity contribution in [1.29, 1.82) is 0 Å². The van der Waals surface area contributed by atoms with E-state index in [0.717, 1.165) is 5.01 Å². The topological polar surface area (TPSA) is 94.1 Å². The minimum Gasteiger partial charge on any atom is -0.383 e. The zero-order valence-corrected chi connectivity index (χ0v) is 14.5. The van der Waals surface area contributed by atoms with Gasteiger partial charge in [0.2, 0.25) is 0 Å². The molecule has 1 atom stereocenters. The molecular formula is C17H16FN5O2S. The summed E-state index contributed by atoms with van der Waals surface area (Å²) < 4.78 is 13.1. The summed E-state index contributed by atoms with van der Waals surface area (Å²) in [4.78, 5) is 18.3. The van der Waals surface area contributed by atoms with E-state index in [1.165, 1.54) is 34.6 Å². The van der Waals surface area contributed by atoms with Gasteiger partial charge in [-0.3, -0.25) is 5.10 Å². The van der Waals surface area contributed by atoms with Crippen molar-refractivity contribution in [3.05, 3.63) is 53.4 Å². The number of amides is 2. The first kappa shape index (κ1) is 16.7. The lowest BCUT2D eigenvalue weighted by Crippen LogP contribution is -2.37. The van der Waals surface area contributed by atoms with Crippen molar-refractivity contribution in [2.24, 2.45) is 0 Å². The molecule has 9 heteroatoms. The second kappa shape index (κ2) is 6.50. The summed E-state index contributed by atoms with van der Waals surface area (Å²) in [6.45, 7) is 0.527. The number of likely N-dealkylation sites (tertiary alicyclic amines) is 1. The van der Waals surface area contributed by atoms with Crippen molar-refractivity contribution in [1.82, 2.24) is 20.1 Å². The van der Waals surface area contributed by atoms with Gasteiger partial charge in [0.25, 0.3) is 0 Å². The Balaban J connectivity index is 1.47. The number of urea groups is 1. The molecule has 1 aliphatic rings. The minimum absolute atomic E-state index is 0.134. The van der Waals surface area contributed by atoms with Crippen molar-refractivity contribution in [3.63, 3.8) is 0 Å². The number of H-pyrrole nitrogens is 1. The number of hydrogen-bond donors (Lipinski definition) is 3. The molecule has 1 aliphatic heterocycles. The Bertz CT molecular complexity index is 912. The molecule has 1 aromatic carbocycles. The van der Waals surface area contributed by atoms with Gasteiger partial charge in [-0.2, -0.15) is 5.10 Å². The van der Waals surface area contributed by atoms with Crippen molar-refractivity contribution in [2.75, 3.05) is 18.4 Å². The molecule has 1 fully saturated rings. The van der Waals surface area contributed by atoms with Crippen molar-refractivity contribution in [2.45, 2.75) is 12.0 Å². The van der Waals surface area contributed by atoms with E-state index in [1.54, 1.807) is 18.3 Å². The molecule has 2 amide bonds. The normalized spacial score (nSPS) is 19.7. The highest BCUT2D eigenvalue weighted by molar-refractivity contribution is 7.13. The third kappa shape index (κ3) is 3.06. The lowest BCUT2D eigenvalue weighted by atomic mass is 9.93. The van der Waals surface area contributed by atoms with Gasteiger partial charge in [-0.15, -0.1) is 11.3 Å². The number of carbonyl (C=O) groups is 1. The molecule has 1 saturated heterocycles. The van der Waals surface area contributed by atoms with E-state index < -0.39 is 5.60 Å². The number of nitrogens with one attached hydrogen (secondary N) is 2. The number of anilines is 1. The summed E-state index contributed by atoms with van der Waals surface area (Å²) in [5.41, 5.74) is 0.587. The lowest BCUT2D eigenvalue weighted by Gasteiger charge is -2.24. The van der Waals surface area contributed by atoms with Gasteiger partial charge in [0.15, 0.2) is 0 Å². The standard InChI is InChI=1S/C17H16FN5O2S/c18-12-3-1-11(2-4-12)17(25)5-7-23(10-17)16(24)21-13-9-20-22-14(13)15-19-6-8-26-15/h1-4,6,8-9,25H,5,7,10H2,(H,20,22)(H,21,24). The van der Waals surface area contributed by atoms with Crippen LogP contribution in [0.5, 0.6) is 0 Å². The van der Waals surface area contributed by atoms with Gasteiger partial charge < -0.3 is 15.3 Å². The molecular weight excluding hydrogens is 357 g/mol. The van der Waals surface area contributed by atoms with Crippen LogP contribution in [0.15, 0.2) is 42.0 Å². The van der Waals surface area contributed by atoms with Gasteiger partial charge in [-0.25, -0.2) is 14.2 Å². The molecule has 3 aromatic rings. The first-order valence-corrected chi connectivity index (χ1v) is 8.91. The van der Waals surface area contributed by atoms with E-state index in [0.29, 0.717) is 29.9 Å². The van der Waals surface area contributed by atoms with E-state index in [9.17, 15) is 14.3 Å². The summed E-state index contributed by atoms with van der Waals surface area (Å²) in [6, 6.07) is 5.38. The number of thiazole rings is 1. The van der Waals surface area contributed by atoms with Gasteiger partial charge in [0, 0.05) is 18.1 Å². The van der Waals surface area contributed by atoms with Crippen LogP contribution in [0, 0.1) is 5.82 Å². The predicted octanol–water partition coefficient (Wildman–Crippen LogP) is 2.80. The molecule has 1 unspecified atom stereocenters. The Kier molecular flexibility index (Phi) is 4.17. The van der Waals surface area contributed by atoms with Crippen LogP contribution in [-0.2, 0) is 5.60 Å². The van der Waals surface area contributed by atoms with Crippen LogP contribution in [0.3, 0.4) is 0 Å². The molecule has 0 radical (unpaired) electrons. The number of β-amino-alcohol motifs (C(OH)–C–C–N with tert-alkyl or cyclic N) is 1. The van der Waals surface area contributed by atoms with Gasteiger partial charge in [-0.1, -0.05) is 12.1 Å². The molecule has 0 aliphatic carbocycles. The largest absolute Gasteiger partial charge is 0.383 e. The van der Waals surface area contributed by atoms with Crippen LogP contribution in [0.1, 0.15) is 12.0 Å². The van der Waals surface area contributed by atoms with Gasteiger partial charge >= 0.3 is 6.03 Å². The summed E-state index contributed by atoms with van der Waals surface area (Å²) in [7, 11) is 0. The Morgan fingerprint density at radius 3 is 2.92 bits per heavy atom. The Morgan fingerprint density at radius 2 is 2.19 bits per heavy atom. The number of aliphatic hydroxyl groups is 1. The average molecular weight is 373 g/mol. The number of benzene rings is 1. The first-order valence-electron chi connectivity index (χ1n) is 8.03. The highest BCUT2D eigenvalue weighted by atomic mass is 32.1. The maximum atomic E-state index is 13.1. The molecule has 0 spiro atoms. The van der Waals surface area contributed by atoms with Crippen LogP contribution in [0.2, 0.25) is 0 Å². The second-order valence-corrected chi connectivity index (χ2v) is 7.03. The second-order valence-electron chi connectivity index (χ2n) is 6.14. The zero-order valence-electron chi connectivity index (χ0n) is 13.6. The number of nitrogens with zero attached hydrogens (tertiary/aromatic N) is 3. The number of halogens is 1. The van der Waals surface area contributed by atoms with E-state index in [2.05, 4.69) is 20.5 Å². The quantitative estimate of drug-likeness (QED) is 0.658. The summed E-state index contributed by atoms with van der Waals surface area (Å²) in [5, 5.41) is 23.0. The maximum Gasteiger partial charge on any atom is 0.322 e. The van der Waals surface area contributed by atoms with Gasteiger partial charge in [0.1, 0.15) is 22.1 Å². The predicted molar refractivity (Wildman–Crippen MR) is 95.2 cm³/mol. The molecule has 0 bridgehead atoms. The number of aromatic nitrogens is 3. The lowest BCUT2D eigenvalue weighted by molar-refractivity contribution is 0.0500. The fourth-order valence-corrected chi connectivity index (χ4v) is 3.69. The number of rotatable bonds is 3. The fraction of sp³-hybridized carbons (Fsp3) is 0.235. The third-order valence-corrected chi connectivity index (χ3v) is 5.23. The number of carbonyl (C=O) groups excluding carboxylic acids is 1. The number of aromatic amines is 1. The van der Waals surface area contributed by atoms with Crippen molar-refractivity contribution >= 4 is 23.1 Å². The maximum absolute atomic E-state index is 13.1. The average Bonchev–Trinajstić information content (AvgIpc) is 3.36. The molecule has 4 rings (SSSR count). The first-order chi connectivity index (χ1) is 12.5. The summed E-state index contributed by atoms with van der Waals surface area (Å²) in [6.07, 6.45) is 3.59. The smallest absolute Gasteiger partial charge is 0.322 e.